The lowest BCUT2D eigenvalue weighted by Crippen LogP contribution is -2.30. The first-order valence-electron chi connectivity index (χ1n) is 7.22. The second-order valence-corrected chi connectivity index (χ2v) is 7.20. The van der Waals surface area contributed by atoms with Crippen LogP contribution in [0.2, 0.25) is 0 Å². The van der Waals surface area contributed by atoms with Crippen molar-refractivity contribution >= 4 is 21.5 Å². The number of hydrogen-bond acceptors (Lipinski definition) is 2. The van der Waals surface area contributed by atoms with E-state index in [1.807, 2.05) is 25.1 Å². The minimum atomic E-state index is -0.155. The van der Waals surface area contributed by atoms with E-state index in [1.54, 1.807) is 6.07 Å². The molecular formula is C18H18BrNO2. The van der Waals surface area contributed by atoms with Crippen LogP contribution in [-0.4, -0.2) is 6.61 Å². The Morgan fingerprint density at radius 3 is 2.77 bits per heavy atom. The molecule has 1 aliphatic rings. The Labute approximate surface area is 139 Å². The monoisotopic (exact) mass is 359 g/mol. The lowest BCUT2D eigenvalue weighted by Gasteiger charge is -2.18. The van der Waals surface area contributed by atoms with Gasteiger partial charge in [0.2, 0.25) is 5.69 Å². The first kappa shape index (κ1) is 15.1. The number of fused-ring (bicyclic) bond motifs is 1. The molecule has 0 radical (unpaired) electrons. The van der Waals surface area contributed by atoms with E-state index in [9.17, 15) is 5.21 Å². The van der Waals surface area contributed by atoms with Gasteiger partial charge in [-0.05, 0) is 30.7 Å². The Balaban J connectivity index is 2.28. The minimum absolute atomic E-state index is 0.155. The molecule has 0 atom stereocenters. The van der Waals surface area contributed by atoms with E-state index in [2.05, 4.69) is 41.9 Å². The predicted octanol–water partition coefficient (Wildman–Crippen LogP) is 4.24. The number of rotatable bonds is 1. The Morgan fingerprint density at radius 2 is 2.05 bits per heavy atom. The molecule has 1 aliphatic heterocycles. The third-order valence-corrected chi connectivity index (χ3v) is 4.64. The molecule has 0 amide bonds. The van der Waals surface area contributed by atoms with Crippen molar-refractivity contribution in [2.75, 3.05) is 6.61 Å². The number of halogens is 1. The van der Waals surface area contributed by atoms with Gasteiger partial charge in [-0.15, -0.1) is 0 Å². The van der Waals surface area contributed by atoms with Gasteiger partial charge in [0.05, 0.1) is 12.2 Å². The van der Waals surface area contributed by atoms with Crippen molar-refractivity contribution < 1.29 is 9.47 Å². The molecular weight excluding hydrogens is 342 g/mol. The van der Waals surface area contributed by atoms with Crippen molar-refractivity contribution in [3.8, 4) is 5.75 Å². The summed E-state index contributed by atoms with van der Waals surface area (Å²) in [5.41, 5.74) is 3.48. The van der Waals surface area contributed by atoms with E-state index < -0.39 is 0 Å². The molecule has 0 saturated carbocycles. The zero-order valence-electron chi connectivity index (χ0n) is 12.9. The fraction of sp³-hybridized carbons (Fsp3) is 0.278. The van der Waals surface area contributed by atoms with Crippen LogP contribution >= 0.6 is 15.9 Å². The first-order chi connectivity index (χ1) is 10.4. The molecule has 0 N–H and O–H groups in total. The third kappa shape index (κ3) is 2.75. The van der Waals surface area contributed by atoms with Crippen LogP contribution in [0.25, 0.3) is 5.57 Å². The second-order valence-electron chi connectivity index (χ2n) is 6.34. The summed E-state index contributed by atoms with van der Waals surface area (Å²) >= 11 is 3.55. The highest BCUT2D eigenvalue weighted by Crippen LogP contribution is 2.39. The Bertz CT molecular complexity index is 766. The highest BCUT2D eigenvalue weighted by atomic mass is 79.9. The SMILES string of the molecule is Cc1cc2c(cc1Br)OCC(C)(C)C=C2c1cccc[n+]1[O-]. The fourth-order valence-corrected chi connectivity index (χ4v) is 2.94. The maximum Gasteiger partial charge on any atom is 0.224 e. The molecule has 0 spiro atoms. The van der Waals surface area contributed by atoms with E-state index >= 15 is 0 Å². The van der Waals surface area contributed by atoms with Crippen molar-refractivity contribution in [2.45, 2.75) is 20.8 Å². The predicted molar refractivity (Wildman–Crippen MR) is 90.6 cm³/mol. The first-order valence-corrected chi connectivity index (χ1v) is 8.01. The number of aryl methyl sites for hydroxylation is 1. The van der Waals surface area contributed by atoms with Gasteiger partial charge in [0.15, 0.2) is 6.20 Å². The summed E-state index contributed by atoms with van der Waals surface area (Å²) in [5, 5.41) is 12.2. The molecule has 3 nitrogen and oxygen atoms in total. The summed E-state index contributed by atoms with van der Waals surface area (Å²) in [6.07, 6.45) is 3.66. The molecule has 22 heavy (non-hydrogen) atoms. The summed E-state index contributed by atoms with van der Waals surface area (Å²) in [4.78, 5) is 0. The van der Waals surface area contributed by atoms with E-state index in [0.29, 0.717) is 12.3 Å². The average Bonchev–Trinajstić information content (AvgIpc) is 2.58. The Hall–Kier alpha value is -1.81. The van der Waals surface area contributed by atoms with Crippen LogP contribution in [0.3, 0.4) is 0 Å². The normalized spacial score (nSPS) is 16.3. The van der Waals surface area contributed by atoms with Crippen LogP contribution in [0.5, 0.6) is 5.75 Å². The summed E-state index contributed by atoms with van der Waals surface area (Å²) in [7, 11) is 0. The third-order valence-electron chi connectivity index (χ3n) is 3.79. The smallest absolute Gasteiger partial charge is 0.224 e. The number of aromatic nitrogens is 1. The molecule has 3 rings (SSSR count). The van der Waals surface area contributed by atoms with Gasteiger partial charge in [-0.1, -0.05) is 35.9 Å². The Kier molecular flexibility index (Phi) is 3.73. The van der Waals surface area contributed by atoms with E-state index in [0.717, 1.165) is 31.7 Å². The quantitative estimate of drug-likeness (QED) is 0.563. The summed E-state index contributed by atoms with van der Waals surface area (Å²) in [5.74, 6) is 0.804. The highest BCUT2D eigenvalue weighted by Gasteiger charge is 2.28. The number of benzene rings is 1. The van der Waals surface area contributed by atoms with Gasteiger partial charge < -0.3 is 9.94 Å². The largest absolute Gasteiger partial charge is 0.618 e. The van der Waals surface area contributed by atoms with Gasteiger partial charge in [0.1, 0.15) is 5.75 Å². The van der Waals surface area contributed by atoms with Gasteiger partial charge in [-0.3, -0.25) is 0 Å². The molecule has 0 fully saturated rings. The molecule has 0 bridgehead atoms. The zero-order valence-corrected chi connectivity index (χ0v) is 14.5. The van der Waals surface area contributed by atoms with E-state index in [4.69, 9.17) is 4.74 Å². The van der Waals surface area contributed by atoms with Gasteiger partial charge >= 0.3 is 0 Å². The van der Waals surface area contributed by atoms with Crippen molar-refractivity contribution in [1.29, 1.82) is 0 Å². The van der Waals surface area contributed by atoms with Gasteiger partial charge in [0, 0.05) is 27.6 Å². The van der Waals surface area contributed by atoms with E-state index in [-0.39, 0.29) is 5.41 Å². The highest BCUT2D eigenvalue weighted by molar-refractivity contribution is 9.10. The minimum Gasteiger partial charge on any atom is -0.618 e. The lowest BCUT2D eigenvalue weighted by molar-refractivity contribution is -0.607. The molecule has 1 aromatic carbocycles. The summed E-state index contributed by atoms with van der Waals surface area (Å²) in [6, 6.07) is 9.52. The average molecular weight is 360 g/mol. The zero-order chi connectivity index (χ0) is 15.9. The Morgan fingerprint density at radius 1 is 1.27 bits per heavy atom. The maximum absolute atomic E-state index is 12.2. The summed E-state index contributed by atoms with van der Waals surface area (Å²) in [6.45, 7) is 6.83. The number of pyridine rings is 1. The van der Waals surface area contributed by atoms with Crippen molar-refractivity contribution in [2.24, 2.45) is 5.41 Å². The molecule has 114 valence electrons. The molecule has 0 saturated heterocycles. The van der Waals surface area contributed by atoms with Crippen LogP contribution in [0.15, 0.2) is 47.1 Å². The van der Waals surface area contributed by atoms with Crippen LogP contribution in [0.4, 0.5) is 0 Å². The van der Waals surface area contributed by atoms with Crippen LogP contribution < -0.4 is 9.47 Å². The van der Waals surface area contributed by atoms with Crippen LogP contribution in [-0.2, 0) is 0 Å². The van der Waals surface area contributed by atoms with Gasteiger partial charge in [-0.2, -0.15) is 4.73 Å². The lowest BCUT2D eigenvalue weighted by atomic mass is 9.89. The second kappa shape index (κ2) is 5.43. The van der Waals surface area contributed by atoms with Gasteiger partial charge in [-0.25, -0.2) is 0 Å². The fourth-order valence-electron chi connectivity index (χ4n) is 2.62. The maximum atomic E-state index is 12.2. The molecule has 2 aromatic rings. The van der Waals surface area contributed by atoms with Crippen LogP contribution in [0, 0.1) is 17.5 Å². The topological polar surface area (TPSA) is 36.2 Å². The van der Waals surface area contributed by atoms with Crippen molar-refractivity contribution in [1.82, 2.24) is 0 Å². The molecule has 1 aromatic heterocycles. The number of hydrogen-bond donors (Lipinski definition) is 0. The molecule has 2 heterocycles. The van der Waals surface area contributed by atoms with Gasteiger partial charge in [0.25, 0.3) is 0 Å². The van der Waals surface area contributed by atoms with Crippen LogP contribution in [0.1, 0.15) is 30.7 Å². The molecule has 4 heteroatoms. The van der Waals surface area contributed by atoms with E-state index in [1.165, 1.54) is 6.20 Å². The standard InChI is InChI=1S/C18H18BrNO2/c1-12-8-13-14(16-6-4-5-7-20(16)21)10-18(2,3)11-22-17(13)9-15(12)19/h4-10H,11H2,1-3H3. The van der Waals surface area contributed by atoms with Crippen molar-refractivity contribution in [3.05, 3.63) is 69.1 Å². The van der Waals surface area contributed by atoms with Crippen molar-refractivity contribution in [3.63, 3.8) is 0 Å². The molecule has 0 aliphatic carbocycles. The number of ether oxygens (including phenoxy) is 1. The number of nitrogens with zero attached hydrogens (tertiary/aromatic N) is 1. The summed E-state index contributed by atoms with van der Waals surface area (Å²) < 4.78 is 7.92. The molecule has 0 unspecified atom stereocenters.